The van der Waals surface area contributed by atoms with E-state index in [0.717, 1.165) is 18.4 Å². The zero-order valence-electron chi connectivity index (χ0n) is 11.4. The molecule has 0 bridgehead atoms. The van der Waals surface area contributed by atoms with Crippen molar-refractivity contribution in [2.24, 2.45) is 5.92 Å². The van der Waals surface area contributed by atoms with E-state index in [1.165, 1.54) is 19.3 Å². The molecule has 3 nitrogen and oxygen atoms in total. The standard InChI is InChI=1S/C15H21NO2S/c1-12-7-9-14(10-8-12)19(17,18)16-11-3-6-15(16)13-4-2-5-13/h7-10,13,15H,2-6,11H2,1H3/t15-/m1/s1. The molecule has 0 unspecified atom stereocenters. The van der Waals surface area contributed by atoms with Crippen LogP contribution in [0, 0.1) is 12.8 Å². The zero-order chi connectivity index (χ0) is 13.5. The SMILES string of the molecule is Cc1ccc(S(=O)(=O)N2CCC[C@@H]2C2CCC2)cc1. The van der Waals surface area contributed by atoms with Crippen LogP contribution in [0.25, 0.3) is 0 Å². The molecule has 19 heavy (non-hydrogen) atoms. The summed E-state index contributed by atoms with van der Waals surface area (Å²) < 4.78 is 27.2. The number of sulfonamides is 1. The summed E-state index contributed by atoms with van der Waals surface area (Å²) in [5.74, 6) is 0.600. The molecule has 1 aromatic carbocycles. The summed E-state index contributed by atoms with van der Waals surface area (Å²) in [4.78, 5) is 0.448. The van der Waals surface area contributed by atoms with Crippen molar-refractivity contribution < 1.29 is 8.42 Å². The van der Waals surface area contributed by atoms with Crippen LogP contribution in [0.5, 0.6) is 0 Å². The van der Waals surface area contributed by atoms with E-state index in [1.807, 2.05) is 19.1 Å². The molecular formula is C15H21NO2S. The van der Waals surface area contributed by atoms with Gasteiger partial charge in [0.1, 0.15) is 0 Å². The van der Waals surface area contributed by atoms with Crippen LogP contribution >= 0.6 is 0 Å². The van der Waals surface area contributed by atoms with Crippen molar-refractivity contribution in [2.75, 3.05) is 6.54 Å². The van der Waals surface area contributed by atoms with E-state index in [4.69, 9.17) is 0 Å². The number of hydrogen-bond donors (Lipinski definition) is 0. The predicted molar refractivity (Wildman–Crippen MR) is 75.4 cm³/mol. The molecule has 0 spiro atoms. The summed E-state index contributed by atoms with van der Waals surface area (Å²) in [5.41, 5.74) is 1.09. The Labute approximate surface area is 115 Å². The second-order valence-corrected chi connectivity index (χ2v) is 7.72. The first-order chi connectivity index (χ1) is 9.09. The molecule has 1 aliphatic carbocycles. The van der Waals surface area contributed by atoms with Crippen molar-refractivity contribution in [1.82, 2.24) is 4.31 Å². The van der Waals surface area contributed by atoms with E-state index in [9.17, 15) is 8.42 Å². The Balaban J connectivity index is 1.88. The number of rotatable bonds is 3. The highest BCUT2D eigenvalue weighted by atomic mass is 32.2. The quantitative estimate of drug-likeness (QED) is 0.853. The van der Waals surface area contributed by atoms with E-state index in [1.54, 1.807) is 16.4 Å². The van der Waals surface area contributed by atoms with Gasteiger partial charge in [-0.3, -0.25) is 0 Å². The molecule has 104 valence electrons. The normalized spacial score (nSPS) is 25.4. The minimum absolute atomic E-state index is 0.250. The van der Waals surface area contributed by atoms with E-state index >= 15 is 0 Å². The van der Waals surface area contributed by atoms with Crippen LogP contribution in [0.15, 0.2) is 29.2 Å². The Morgan fingerprint density at radius 1 is 1.05 bits per heavy atom. The predicted octanol–water partition coefficient (Wildman–Crippen LogP) is 2.95. The van der Waals surface area contributed by atoms with Crippen LogP contribution in [0.4, 0.5) is 0 Å². The molecule has 1 aromatic rings. The van der Waals surface area contributed by atoms with Gasteiger partial charge in [0, 0.05) is 12.6 Å². The molecule has 2 aliphatic rings. The van der Waals surface area contributed by atoms with Gasteiger partial charge < -0.3 is 0 Å². The molecule has 1 saturated carbocycles. The Kier molecular flexibility index (Phi) is 3.39. The van der Waals surface area contributed by atoms with E-state index in [0.29, 0.717) is 17.4 Å². The minimum atomic E-state index is -3.29. The van der Waals surface area contributed by atoms with Crippen molar-refractivity contribution in [2.45, 2.75) is 50.0 Å². The van der Waals surface area contributed by atoms with E-state index in [2.05, 4.69) is 0 Å². The second kappa shape index (κ2) is 4.91. The molecule has 1 atom stereocenters. The summed E-state index contributed by atoms with van der Waals surface area (Å²) in [6, 6.07) is 7.48. The van der Waals surface area contributed by atoms with Crippen LogP contribution in [0.1, 0.15) is 37.7 Å². The largest absolute Gasteiger partial charge is 0.243 e. The molecular weight excluding hydrogens is 258 g/mol. The number of nitrogens with zero attached hydrogens (tertiary/aromatic N) is 1. The molecule has 0 radical (unpaired) electrons. The van der Waals surface area contributed by atoms with Crippen molar-refractivity contribution in [1.29, 1.82) is 0 Å². The maximum absolute atomic E-state index is 12.7. The van der Waals surface area contributed by atoms with Crippen molar-refractivity contribution >= 4 is 10.0 Å². The molecule has 2 fully saturated rings. The highest BCUT2D eigenvalue weighted by molar-refractivity contribution is 7.89. The van der Waals surface area contributed by atoms with E-state index < -0.39 is 10.0 Å². The van der Waals surface area contributed by atoms with Crippen LogP contribution < -0.4 is 0 Å². The van der Waals surface area contributed by atoms with E-state index in [-0.39, 0.29) is 6.04 Å². The summed E-state index contributed by atoms with van der Waals surface area (Å²) in [7, 11) is -3.29. The monoisotopic (exact) mass is 279 g/mol. The number of aryl methyl sites for hydroxylation is 1. The molecule has 0 N–H and O–H groups in total. The maximum Gasteiger partial charge on any atom is 0.243 e. The highest BCUT2D eigenvalue weighted by Crippen LogP contribution is 2.39. The number of hydrogen-bond acceptors (Lipinski definition) is 2. The lowest BCUT2D eigenvalue weighted by atomic mass is 9.79. The van der Waals surface area contributed by atoms with Gasteiger partial charge >= 0.3 is 0 Å². The molecule has 1 aliphatic heterocycles. The van der Waals surface area contributed by atoms with Crippen molar-refractivity contribution in [3.63, 3.8) is 0 Å². The van der Waals surface area contributed by atoms with Gasteiger partial charge in [-0.05, 0) is 50.7 Å². The van der Waals surface area contributed by atoms with Gasteiger partial charge in [-0.15, -0.1) is 0 Å². The first-order valence-electron chi connectivity index (χ1n) is 7.17. The van der Waals surface area contributed by atoms with Crippen LogP contribution in [0.2, 0.25) is 0 Å². The third-order valence-electron chi connectivity index (χ3n) is 4.57. The van der Waals surface area contributed by atoms with Gasteiger partial charge in [-0.25, -0.2) is 8.42 Å². The lowest BCUT2D eigenvalue weighted by molar-refractivity contribution is 0.191. The minimum Gasteiger partial charge on any atom is -0.207 e. The van der Waals surface area contributed by atoms with Crippen molar-refractivity contribution in [3.05, 3.63) is 29.8 Å². The maximum atomic E-state index is 12.7. The Morgan fingerprint density at radius 3 is 2.32 bits per heavy atom. The summed E-state index contributed by atoms with van der Waals surface area (Å²) in [6.07, 6.45) is 5.71. The van der Waals surface area contributed by atoms with Gasteiger partial charge in [0.05, 0.1) is 4.90 Å². The van der Waals surface area contributed by atoms with Gasteiger partial charge in [-0.1, -0.05) is 24.1 Å². The highest BCUT2D eigenvalue weighted by Gasteiger charge is 2.41. The average molecular weight is 279 g/mol. The van der Waals surface area contributed by atoms with Crippen molar-refractivity contribution in [3.8, 4) is 0 Å². The van der Waals surface area contributed by atoms with Gasteiger partial charge in [0.25, 0.3) is 0 Å². The lowest BCUT2D eigenvalue weighted by Gasteiger charge is -2.36. The zero-order valence-corrected chi connectivity index (χ0v) is 12.2. The molecule has 1 saturated heterocycles. The Hall–Kier alpha value is -0.870. The second-order valence-electron chi connectivity index (χ2n) is 5.83. The first-order valence-corrected chi connectivity index (χ1v) is 8.61. The molecule has 3 rings (SSSR count). The Morgan fingerprint density at radius 2 is 1.74 bits per heavy atom. The third kappa shape index (κ3) is 2.32. The van der Waals surface area contributed by atoms with Crippen LogP contribution in [-0.4, -0.2) is 25.3 Å². The fourth-order valence-corrected chi connectivity index (χ4v) is 4.96. The summed E-state index contributed by atoms with van der Waals surface area (Å²) >= 11 is 0. The molecule has 4 heteroatoms. The van der Waals surface area contributed by atoms with Gasteiger partial charge in [0.2, 0.25) is 10.0 Å². The van der Waals surface area contributed by atoms with Gasteiger partial charge in [-0.2, -0.15) is 4.31 Å². The smallest absolute Gasteiger partial charge is 0.207 e. The molecule has 0 amide bonds. The van der Waals surface area contributed by atoms with Crippen LogP contribution in [0.3, 0.4) is 0 Å². The fourth-order valence-electron chi connectivity index (χ4n) is 3.21. The summed E-state index contributed by atoms with van der Waals surface area (Å²) in [5, 5.41) is 0. The topological polar surface area (TPSA) is 37.4 Å². The lowest BCUT2D eigenvalue weighted by Crippen LogP contribution is -2.42. The third-order valence-corrected chi connectivity index (χ3v) is 6.51. The van der Waals surface area contributed by atoms with Crippen LogP contribution in [-0.2, 0) is 10.0 Å². The fraction of sp³-hybridized carbons (Fsp3) is 0.600. The first kappa shape index (κ1) is 13.1. The molecule has 0 aromatic heterocycles. The average Bonchev–Trinajstić information content (AvgIpc) is 2.77. The Bertz CT molecular complexity index is 546. The summed E-state index contributed by atoms with van der Waals surface area (Å²) in [6.45, 7) is 2.67. The number of benzene rings is 1. The molecule has 1 heterocycles. The van der Waals surface area contributed by atoms with Gasteiger partial charge in [0.15, 0.2) is 0 Å².